The van der Waals surface area contributed by atoms with Gasteiger partial charge in [-0.15, -0.1) is 0 Å². The number of halogens is 1. The second kappa shape index (κ2) is 5.91. The van der Waals surface area contributed by atoms with E-state index in [4.69, 9.17) is 14.5 Å². The number of aliphatic hydroxyl groups excluding tert-OH is 1. The second-order valence-corrected chi connectivity index (χ2v) is 5.90. The highest BCUT2D eigenvalue weighted by atomic mass is 31.2. The second-order valence-electron chi connectivity index (χ2n) is 4.66. The van der Waals surface area contributed by atoms with Crippen molar-refractivity contribution in [1.82, 2.24) is 5.32 Å². The van der Waals surface area contributed by atoms with Crippen molar-refractivity contribution >= 4 is 19.6 Å². The summed E-state index contributed by atoms with van der Waals surface area (Å²) in [5, 5.41) is 11.5. The normalized spacial score (nSPS) is 33.8. The number of hydrogen-bond acceptors (Lipinski definition) is 6. The Balaban J connectivity index is 2.02. The number of phosphoric acid groups is 1. The van der Waals surface area contributed by atoms with Crippen LogP contribution in [0.4, 0.5) is 4.39 Å². The molecule has 21 heavy (non-hydrogen) atoms. The van der Waals surface area contributed by atoms with E-state index in [1.165, 1.54) is 0 Å². The Morgan fingerprint density at radius 1 is 1.48 bits per heavy atom. The van der Waals surface area contributed by atoms with Gasteiger partial charge in [0.2, 0.25) is 5.91 Å². The molecule has 9 nitrogen and oxygen atoms in total. The van der Waals surface area contributed by atoms with E-state index in [2.05, 4.69) is 4.52 Å². The minimum absolute atomic E-state index is 0.0642. The summed E-state index contributed by atoms with van der Waals surface area (Å²) in [6.07, 6.45) is -2.40. The standard InChI is InChI=1S/C10H13FNO8P/c11-5-1-4(9(14)12-10(5)15)7-2-6(13)8(20-7)3-19-21(16,17)18/h1,4,6-8,13H,2-3H2,(H,12,14,15)(H2,16,17,18). The van der Waals surface area contributed by atoms with Gasteiger partial charge < -0.3 is 19.6 Å². The van der Waals surface area contributed by atoms with Crippen molar-refractivity contribution in [3.8, 4) is 0 Å². The zero-order valence-electron chi connectivity index (χ0n) is 10.5. The van der Waals surface area contributed by atoms with Crippen LogP contribution in [0.3, 0.4) is 0 Å². The molecule has 0 bridgehead atoms. The van der Waals surface area contributed by atoms with Crippen LogP contribution >= 0.6 is 7.82 Å². The molecule has 118 valence electrons. The van der Waals surface area contributed by atoms with Gasteiger partial charge in [0.15, 0.2) is 5.83 Å². The number of carbonyl (C=O) groups excluding carboxylic acids is 2. The Kier molecular flexibility index (Phi) is 4.57. The summed E-state index contributed by atoms with van der Waals surface area (Å²) in [4.78, 5) is 39.7. The van der Waals surface area contributed by atoms with Crippen molar-refractivity contribution in [2.24, 2.45) is 5.92 Å². The molecule has 2 amide bonds. The number of rotatable bonds is 4. The molecule has 1 fully saturated rings. The largest absolute Gasteiger partial charge is 0.469 e. The van der Waals surface area contributed by atoms with E-state index in [-0.39, 0.29) is 6.42 Å². The fourth-order valence-corrected chi connectivity index (χ4v) is 2.49. The SMILES string of the molecule is O=C1NC(=O)C(C2CC(O)C(COP(=O)(O)O)O2)C=C1F. The summed E-state index contributed by atoms with van der Waals surface area (Å²) in [5.41, 5.74) is 0. The summed E-state index contributed by atoms with van der Waals surface area (Å²) in [5.74, 6) is -4.16. The summed E-state index contributed by atoms with van der Waals surface area (Å²) in [6, 6.07) is 0. The monoisotopic (exact) mass is 325 g/mol. The average Bonchev–Trinajstić information content (AvgIpc) is 2.72. The smallest absolute Gasteiger partial charge is 0.390 e. The lowest BCUT2D eigenvalue weighted by molar-refractivity contribution is -0.135. The topological polar surface area (TPSA) is 142 Å². The van der Waals surface area contributed by atoms with Crippen molar-refractivity contribution in [1.29, 1.82) is 0 Å². The molecule has 4 N–H and O–H groups in total. The molecule has 2 heterocycles. The minimum Gasteiger partial charge on any atom is -0.390 e. The highest BCUT2D eigenvalue weighted by Gasteiger charge is 2.43. The zero-order valence-corrected chi connectivity index (χ0v) is 11.4. The van der Waals surface area contributed by atoms with Crippen molar-refractivity contribution < 1.29 is 42.7 Å². The minimum atomic E-state index is -4.71. The fraction of sp³-hybridized carbons (Fsp3) is 0.600. The Bertz CT molecular complexity index is 531. The number of carbonyl (C=O) groups is 2. The average molecular weight is 325 g/mol. The van der Waals surface area contributed by atoms with Crippen LogP contribution in [0.25, 0.3) is 0 Å². The lowest BCUT2D eigenvalue weighted by Crippen LogP contribution is -2.44. The Labute approximate surface area is 118 Å². The highest BCUT2D eigenvalue weighted by molar-refractivity contribution is 7.46. The number of ether oxygens (including phenoxy) is 1. The van der Waals surface area contributed by atoms with Gasteiger partial charge in [0.25, 0.3) is 5.91 Å². The highest BCUT2D eigenvalue weighted by Crippen LogP contribution is 2.38. The van der Waals surface area contributed by atoms with Crippen molar-refractivity contribution in [3.05, 3.63) is 11.9 Å². The molecule has 11 heteroatoms. The molecule has 0 radical (unpaired) electrons. The van der Waals surface area contributed by atoms with Crippen molar-refractivity contribution in [3.63, 3.8) is 0 Å². The molecule has 0 aliphatic carbocycles. The predicted molar refractivity (Wildman–Crippen MR) is 63.1 cm³/mol. The van der Waals surface area contributed by atoms with Crippen LogP contribution in [-0.2, 0) is 23.4 Å². The van der Waals surface area contributed by atoms with Gasteiger partial charge in [0.1, 0.15) is 6.10 Å². The van der Waals surface area contributed by atoms with E-state index in [9.17, 15) is 23.7 Å². The van der Waals surface area contributed by atoms with Crippen LogP contribution in [0, 0.1) is 5.92 Å². The Morgan fingerprint density at radius 3 is 2.76 bits per heavy atom. The first-order valence-corrected chi connectivity index (χ1v) is 7.46. The molecular weight excluding hydrogens is 312 g/mol. The van der Waals surface area contributed by atoms with E-state index in [0.717, 1.165) is 6.08 Å². The molecule has 0 aromatic rings. The summed E-state index contributed by atoms with van der Waals surface area (Å²) in [6.45, 7) is -0.582. The van der Waals surface area contributed by atoms with Gasteiger partial charge in [0.05, 0.1) is 24.7 Å². The first-order chi connectivity index (χ1) is 9.67. The number of hydrogen-bond donors (Lipinski definition) is 4. The van der Waals surface area contributed by atoms with Crippen LogP contribution in [-0.4, -0.2) is 51.6 Å². The van der Waals surface area contributed by atoms with Gasteiger partial charge in [-0.3, -0.25) is 19.4 Å². The first kappa shape index (κ1) is 16.2. The van der Waals surface area contributed by atoms with Crippen LogP contribution in [0.2, 0.25) is 0 Å². The fourth-order valence-electron chi connectivity index (χ4n) is 2.15. The van der Waals surface area contributed by atoms with Crippen LogP contribution in [0.15, 0.2) is 11.9 Å². The van der Waals surface area contributed by atoms with Crippen molar-refractivity contribution in [2.75, 3.05) is 6.61 Å². The number of amides is 2. The molecule has 0 aromatic heterocycles. The third-order valence-electron chi connectivity index (χ3n) is 3.14. The third kappa shape index (κ3) is 3.94. The summed E-state index contributed by atoms with van der Waals surface area (Å²) < 4.78 is 33.3. The predicted octanol–water partition coefficient (Wildman–Crippen LogP) is -1.26. The molecule has 0 saturated carbocycles. The maximum atomic E-state index is 13.2. The van der Waals surface area contributed by atoms with E-state index in [0.29, 0.717) is 0 Å². The lowest BCUT2D eigenvalue weighted by atomic mass is 9.95. The summed E-state index contributed by atoms with van der Waals surface area (Å²) >= 11 is 0. The van der Waals surface area contributed by atoms with Gasteiger partial charge >= 0.3 is 7.82 Å². The molecular formula is C10H13FNO8P. The Hall–Kier alpha value is -1.16. The Morgan fingerprint density at radius 2 is 2.14 bits per heavy atom. The van der Waals surface area contributed by atoms with Crippen LogP contribution in [0.5, 0.6) is 0 Å². The van der Waals surface area contributed by atoms with Crippen LogP contribution in [0.1, 0.15) is 6.42 Å². The molecule has 2 rings (SSSR count). The summed E-state index contributed by atoms with van der Waals surface area (Å²) in [7, 11) is -4.71. The first-order valence-electron chi connectivity index (χ1n) is 5.93. The van der Waals surface area contributed by atoms with Gasteiger partial charge in [-0.05, 0) is 6.08 Å². The van der Waals surface area contributed by atoms with E-state index < -0.39 is 56.3 Å². The molecule has 2 aliphatic heterocycles. The van der Waals surface area contributed by atoms with E-state index in [1.54, 1.807) is 5.32 Å². The zero-order chi connectivity index (χ0) is 15.8. The molecule has 0 aromatic carbocycles. The quantitative estimate of drug-likeness (QED) is 0.370. The molecule has 4 unspecified atom stereocenters. The number of phosphoric ester groups is 1. The molecule has 4 atom stereocenters. The van der Waals surface area contributed by atoms with Gasteiger partial charge in [-0.2, -0.15) is 0 Å². The van der Waals surface area contributed by atoms with Gasteiger partial charge in [0, 0.05) is 6.42 Å². The van der Waals surface area contributed by atoms with Crippen LogP contribution < -0.4 is 5.32 Å². The van der Waals surface area contributed by atoms with Gasteiger partial charge in [-0.25, -0.2) is 8.96 Å². The molecule has 1 saturated heterocycles. The lowest BCUT2D eigenvalue weighted by Gasteiger charge is -2.22. The third-order valence-corrected chi connectivity index (χ3v) is 3.63. The van der Waals surface area contributed by atoms with E-state index in [1.807, 2.05) is 0 Å². The number of imide groups is 1. The van der Waals surface area contributed by atoms with Crippen molar-refractivity contribution in [2.45, 2.75) is 24.7 Å². The van der Waals surface area contributed by atoms with E-state index >= 15 is 0 Å². The maximum Gasteiger partial charge on any atom is 0.469 e. The van der Waals surface area contributed by atoms with Gasteiger partial charge in [-0.1, -0.05) is 0 Å². The maximum absolute atomic E-state index is 13.2. The number of nitrogens with one attached hydrogen (secondary N) is 1. The molecule has 0 spiro atoms. The number of aliphatic hydroxyl groups is 1. The molecule has 2 aliphatic rings.